The van der Waals surface area contributed by atoms with Gasteiger partial charge in [-0.3, -0.25) is 0 Å². The SMILES string of the molecule is CCCC/C(=C/SC(C)(C)C)SC(C)(C)C. The number of rotatable bonds is 5. The Morgan fingerprint density at radius 1 is 1.00 bits per heavy atom. The minimum absolute atomic E-state index is 0.329. The third-order valence-corrected chi connectivity index (χ3v) is 4.21. The third-order valence-electron chi connectivity index (χ3n) is 1.76. The Kier molecular flexibility index (Phi) is 7.20. The molecule has 0 spiro atoms. The van der Waals surface area contributed by atoms with E-state index in [9.17, 15) is 0 Å². The molecule has 96 valence electrons. The molecular formula is C14H28S2. The largest absolute Gasteiger partial charge is 0.127 e. The summed E-state index contributed by atoms with van der Waals surface area (Å²) < 4.78 is 0.661. The van der Waals surface area contributed by atoms with Gasteiger partial charge >= 0.3 is 0 Å². The predicted molar refractivity (Wildman–Crippen MR) is 82.3 cm³/mol. The lowest BCUT2D eigenvalue weighted by molar-refractivity contribution is 0.787. The maximum Gasteiger partial charge on any atom is 0.0119 e. The van der Waals surface area contributed by atoms with Crippen LogP contribution in [0.25, 0.3) is 0 Å². The zero-order chi connectivity index (χ0) is 12.8. The van der Waals surface area contributed by atoms with E-state index in [4.69, 9.17) is 0 Å². The first kappa shape index (κ1) is 16.4. The van der Waals surface area contributed by atoms with E-state index in [1.165, 1.54) is 19.3 Å². The van der Waals surface area contributed by atoms with Gasteiger partial charge in [-0.05, 0) is 23.2 Å². The van der Waals surface area contributed by atoms with Gasteiger partial charge in [0.2, 0.25) is 0 Å². The van der Waals surface area contributed by atoms with E-state index in [0.717, 1.165) is 0 Å². The first-order chi connectivity index (χ1) is 7.14. The van der Waals surface area contributed by atoms with Crippen molar-refractivity contribution in [2.24, 2.45) is 0 Å². The summed E-state index contributed by atoms with van der Waals surface area (Å²) in [7, 11) is 0. The molecule has 0 aromatic heterocycles. The van der Waals surface area contributed by atoms with Crippen LogP contribution < -0.4 is 0 Å². The fraction of sp³-hybridized carbons (Fsp3) is 0.857. The van der Waals surface area contributed by atoms with Crippen LogP contribution in [-0.4, -0.2) is 9.49 Å². The average molecular weight is 261 g/mol. The molecule has 0 bridgehead atoms. The van der Waals surface area contributed by atoms with Gasteiger partial charge in [-0.15, -0.1) is 23.5 Å². The van der Waals surface area contributed by atoms with Crippen molar-refractivity contribution in [3.05, 3.63) is 10.3 Å². The van der Waals surface area contributed by atoms with Crippen LogP contribution in [0.2, 0.25) is 0 Å². The van der Waals surface area contributed by atoms with E-state index >= 15 is 0 Å². The van der Waals surface area contributed by atoms with Crippen molar-refractivity contribution in [1.29, 1.82) is 0 Å². The van der Waals surface area contributed by atoms with Crippen molar-refractivity contribution >= 4 is 23.5 Å². The highest BCUT2D eigenvalue weighted by molar-refractivity contribution is 8.07. The second kappa shape index (κ2) is 7.00. The van der Waals surface area contributed by atoms with Crippen LogP contribution in [0.3, 0.4) is 0 Å². The van der Waals surface area contributed by atoms with Gasteiger partial charge in [-0.25, -0.2) is 0 Å². The predicted octanol–water partition coefficient (Wildman–Crippen LogP) is 6.08. The van der Waals surface area contributed by atoms with Crippen molar-refractivity contribution in [1.82, 2.24) is 0 Å². The standard InChI is InChI=1S/C14H28S2/c1-8-9-10-12(16-14(5,6)7)11-15-13(2,3)4/h11H,8-10H2,1-7H3/b12-11-. The molecule has 0 amide bonds. The number of unbranched alkanes of at least 4 members (excludes halogenated alkanes) is 1. The molecule has 2 heteroatoms. The van der Waals surface area contributed by atoms with Crippen LogP contribution in [0, 0.1) is 0 Å². The Morgan fingerprint density at radius 3 is 1.94 bits per heavy atom. The second-order valence-corrected chi connectivity index (χ2v) is 9.78. The summed E-state index contributed by atoms with van der Waals surface area (Å²) in [5.41, 5.74) is 0. The molecule has 0 rings (SSSR count). The van der Waals surface area contributed by atoms with E-state index < -0.39 is 0 Å². The number of hydrogen-bond donors (Lipinski definition) is 0. The van der Waals surface area contributed by atoms with Gasteiger partial charge in [0, 0.05) is 9.49 Å². The van der Waals surface area contributed by atoms with Gasteiger partial charge in [0.25, 0.3) is 0 Å². The topological polar surface area (TPSA) is 0 Å². The molecule has 0 saturated carbocycles. The molecule has 0 N–H and O–H groups in total. The molecule has 0 aliphatic rings. The fourth-order valence-electron chi connectivity index (χ4n) is 1.12. The lowest BCUT2D eigenvalue weighted by Crippen LogP contribution is -2.08. The molecule has 0 unspecified atom stereocenters. The van der Waals surface area contributed by atoms with Crippen molar-refractivity contribution < 1.29 is 0 Å². The minimum atomic E-state index is 0.329. The molecule has 16 heavy (non-hydrogen) atoms. The molecule has 0 saturated heterocycles. The molecule has 0 radical (unpaired) electrons. The van der Waals surface area contributed by atoms with Crippen LogP contribution in [0.15, 0.2) is 10.3 Å². The lowest BCUT2D eigenvalue weighted by atomic mass is 10.2. The monoisotopic (exact) mass is 260 g/mol. The van der Waals surface area contributed by atoms with Gasteiger partial charge in [0.15, 0.2) is 0 Å². The summed E-state index contributed by atoms with van der Waals surface area (Å²) in [6.45, 7) is 15.9. The first-order valence-electron chi connectivity index (χ1n) is 6.20. The first-order valence-corrected chi connectivity index (χ1v) is 7.89. The Bertz CT molecular complexity index is 216. The second-order valence-electron chi connectivity index (χ2n) is 6.13. The Hall–Kier alpha value is 0.440. The lowest BCUT2D eigenvalue weighted by Gasteiger charge is -2.21. The van der Waals surface area contributed by atoms with Crippen molar-refractivity contribution in [3.63, 3.8) is 0 Å². The Morgan fingerprint density at radius 2 is 1.56 bits per heavy atom. The molecule has 0 aromatic carbocycles. The van der Waals surface area contributed by atoms with Crippen LogP contribution >= 0.6 is 23.5 Å². The van der Waals surface area contributed by atoms with Gasteiger partial charge in [-0.1, -0.05) is 54.9 Å². The molecule has 0 fully saturated rings. The highest BCUT2D eigenvalue weighted by atomic mass is 32.2. The summed E-state index contributed by atoms with van der Waals surface area (Å²) in [5.74, 6) is 0. The number of thioether (sulfide) groups is 2. The van der Waals surface area contributed by atoms with Gasteiger partial charge in [0.1, 0.15) is 0 Å². The van der Waals surface area contributed by atoms with Crippen LogP contribution in [0.4, 0.5) is 0 Å². The summed E-state index contributed by atoms with van der Waals surface area (Å²) >= 11 is 3.97. The molecule has 0 heterocycles. The van der Waals surface area contributed by atoms with Gasteiger partial charge in [0.05, 0.1) is 0 Å². The summed E-state index contributed by atoms with van der Waals surface area (Å²) in [4.78, 5) is 1.55. The van der Waals surface area contributed by atoms with E-state index in [1.54, 1.807) is 4.91 Å². The quantitative estimate of drug-likeness (QED) is 0.587. The highest BCUT2D eigenvalue weighted by Gasteiger charge is 2.15. The molecule has 0 atom stereocenters. The Balaban J connectivity index is 4.41. The molecular weight excluding hydrogens is 232 g/mol. The van der Waals surface area contributed by atoms with Crippen LogP contribution in [-0.2, 0) is 0 Å². The average Bonchev–Trinajstić information content (AvgIpc) is 2.06. The molecule has 0 aromatic rings. The summed E-state index contributed by atoms with van der Waals surface area (Å²) in [6.07, 6.45) is 3.82. The van der Waals surface area contributed by atoms with Crippen LogP contribution in [0.5, 0.6) is 0 Å². The molecule has 0 aliphatic carbocycles. The fourth-order valence-corrected chi connectivity index (χ4v) is 3.09. The van der Waals surface area contributed by atoms with E-state index in [1.807, 2.05) is 23.5 Å². The third kappa shape index (κ3) is 10.9. The molecule has 0 aliphatic heterocycles. The molecule has 0 nitrogen and oxygen atoms in total. The summed E-state index contributed by atoms with van der Waals surface area (Å²) in [5, 5.41) is 2.38. The number of hydrogen-bond acceptors (Lipinski definition) is 2. The zero-order valence-electron chi connectivity index (χ0n) is 12.0. The van der Waals surface area contributed by atoms with E-state index in [2.05, 4.69) is 53.9 Å². The maximum absolute atomic E-state index is 2.38. The van der Waals surface area contributed by atoms with Crippen LogP contribution in [0.1, 0.15) is 67.7 Å². The van der Waals surface area contributed by atoms with Gasteiger partial charge < -0.3 is 0 Å². The summed E-state index contributed by atoms with van der Waals surface area (Å²) in [6, 6.07) is 0. The van der Waals surface area contributed by atoms with Crippen molar-refractivity contribution in [3.8, 4) is 0 Å². The van der Waals surface area contributed by atoms with Gasteiger partial charge in [-0.2, -0.15) is 0 Å². The Labute approximate surface area is 111 Å². The van der Waals surface area contributed by atoms with E-state index in [-0.39, 0.29) is 0 Å². The van der Waals surface area contributed by atoms with E-state index in [0.29, 0.717) is 9.49 Å². The number of allylic oxidation sites excluding steroid dienone is 1. The van der Waals surface area contributed by atoms with Crippen molar-refractivity contribution in [2.75, 3.05) is 0 Å². The highest BCUT2D eigenvalue weighted by Crippen LogP contribution is 2.37. The maximum atomic E-state index is 2.38. The normalized spacial score (nSPS) is 14.3. The minimum Gasteiger partial charge on any atom is -0.127 e. The van der Waals surface area contributed by atoms with Crippen molar-refractivity contribution in [2.45, 2.75) is 77.2 Å². The smallest absolute Gasteiger partial charge is 0.0119 e. The zero-order valence-corrected chi connectivity index (χ0v) is 13.6.